The van der Waals surface area contributed by atoms with E-state index < -0.39 is 0 Å². The van der Waals surface area contributed by atoms with Crippen molar-refractivity contribution < 1.29 is 0 Å². The Labute approximate surface area is 77.0 Å². The van der Waals surface area contributed by atoms with Crippen molar-refractivity contribution in [2.45, 2.75) is 19.1 Å². The Morgan fingerprint density at radius 3 is 2.70 bits per heavy atom. The molecule has 10 heavy (non-hydrogen) atoms. The molecule has 0 N–H and O–H groups in total. The molecule has 0 saturated carbocycles. The average molecular weight is 199 g/mol. The summed E-state index contributed by atoms with van der Waals surface area (Å²) in [6.45, 7) is 4.13. The molecule has 0 amide bonds. The Kier molecular flexibility index (Phi) is 6.81. The molecule has 0 heterocycles. The molecule has 0 aliphatic heterocycles. The van der Waals surface area contributed by atoms with Crippen LogP contribution in [-0.4, -0.2) is 16.9 Å². The van der Waals surface area contributed by atoms with Crippen molar-refractivity contribution >= 4 is 35.0 Å². The van der Waals surface area contributed by atoms with Gasteiger partial charge in [0, 0.05) is 22.4 Å². The molecule has 1 atom stereocenters. The lowest BCUT2D eigenvalue weighted by molar-refractivity contribution is 1.12. The minimum absolute atomic E-state index is 0.522. The molecule has 0 saturated heterocycles. The minimum Gasteiger partial charge on any atom is -0.153 e. The van der Waals surface area contributed by atoms with Crippen molar-refractivity contribution in [3.63, 3.8) is 0 Å². The summed E-state index contributed by atoms with van der Waals surface area (Å²) in [5.41, 5.74) is 2.82. The number of rotatable bonds is 4. The van der Waals surface area contributed by atoms with E-state index in [1.54, 1.807) is 5.54 Å². The lowest BCUT2D eigenvalue weighted by Gasteiger charge is -2.05. The zero-order valence-electron chi connectivity index (χ0n) is 6.23. The van der Waals surface area contributed by atoms with Crippen molar-refractivity contribution in [1.82, 2.24) is 0 Å². The van der Waals surface area contributed by atoms with Crippen LogP contribution >= 0.6 is 35.0 Å². The summed E-state index contributed by atoms with van der Waals surface area (Å²) in [6, 6.07) is 0. The van der Waals surface area contributed by atoms with Crippen LogP contribution in [0.3, 0.4) is 0 Å². The fourth-order valence-electron chi connectivity index (χ4n) is 0.350. The van der Waals surface area contributed by atoms with Crippen LogP contribution < -0.4 is 0 Å². The fourth-order valence-corrected chi connectivity index (χ4v) is 1.51. The van der Waals surface area contributed by atoms with E-state index in [0.717, 1.165) is 5.75 Å². The van der Waals surface area contributed by atoms with Gasteiger partial charge < -0.3 is 0 Å². The van der Waals surface area contributed by atoms with E-state index in [1.807, 2.05) is 18.7 Å². The molecule has 0 aromatic carbocycles. The minimum atomic E-state index is 0.522. The summed E-state index contributed by atoms with van der Waals surface area (Å²) in [4.78, 5) is 0. The monoisotopic (exact) mass is 198 g/mol. The van der Waals surface area contributed by atoms with Crippen molar-refractivity contribution in [1.29, 1.82) is 0 Å². The lowest BCUT2D eigenvalue weighted by atomic mass is 10.4. The van der Waals surface area contributed by atoms with E-state index in [0.29, 0.717) is 11.1 Å². The van der Waals surface area contributed by atoms with Crippen molar-refractivity contribution in [2.75, 3.05) is 11.6 Å². The molecule has 0 nitrogen and oxygen atoms in total. The molecule has 0 spiro atoms. The highest BCUT2D eigenvalue weighted by Gasteiger charge is 1.99. The molecule has 60 valence electrons. The maximum atomic E-state index is 5.61. The molecule has 0 rings (SSSR count). The first-order valence-electron chi connectivity index (χ1n) is 3.14. The maximum absolute atomic E-state index is 5.61. The van der Waals surface area contributed by atoms with Gasteiger partial charge in [0.2, 0.25) is 0 Å². The van der Waals surface area contributed by atoms with E-state index >= 15 is 0 Å². The second-order valence-corrected chi connectivity index (χ2v) is 4.18. The summed E-state index contributed by atoms with van der Waals surface area (Å²) in [6.07, 6.45) is 0. The smallest absolute Gasteiger partial charge is 0.0340 e. The summed E-state index contributed by atoms with van der Waals surface area (Å²) in [5, 5.41) is 0.522. The molecule has 0 aromatic rings. The Morgan fingerprint density at radius 1 is 1.70 bits per heavy atom. The average Bonchev–Trinajstić information content (AvgIpc) is 1.99. The zero-order chi connectivity index (χ0) is 7.98. The molecular weight excluding hydrogens is 187 g/mol. The van der Waals surface area contributed by atoms with Crippen LogP contribution in [0.15, 0.2) is 11.1 Å². The zero-order valence-corrected chi connectivity index (χ0v) is 8.56. The first-order valence-corrected chi connectivity index (χ1v) is 5.16. The van der Waals surface area contributed by atoms with Gasteiger partial charge in [-0.15, -0.1) is 11.6 Å². The number of hydrogen-bond donors (Lipinski definition) is 0. The van der Waals surface area contributed by atoms with Gasteiger partial charge in [0.15, 0.2) is 0 Å². The number of thioether (sulfide) groups is 1. The quantitative estimate of drug-likeness (QED) is 0.624. The van der Waals surface area contributed by atoms with E-state index in [1.165, 1.54) is 5.57 Å². The standard InChI is InChI=1S/C7H12Cl2S/c1-6(3-8)5-10-7(2)4-9/h3,7H,4-5H2,1-2H3/b6-3+. The van der Waals surface area contributed by atoms with Crippen molar-refractivity contribution in [2.24, 2.45) is 0 Å². The number of halogens is 2. The lowest BCUT2D eigenvalue weighted by Crippen LogP contribution is -1.98. The van der Waals surface area contributed by atoms with Crippen LogP contribution in [0.25, 0.3) is 0 Å². The third-order valence-electron chi connectivity index (χ3n) is 0.999. The van der Waals surface area contributed by atoms with Gasteiger partial charge in [0.1, 0.15) is 0 Å². The fraction of sp³-hybridized carbons (Fsp3) is 0.714. The van der Waals surface area contributed by atoms with E-state index in [9.17, 15) is 0 Å². The van der Waals surface area contributed by atoms with Crippen LogP contribution in [0.2, 0.25) is 0 Å². The Morgan fingerprint density at radius 2 is 2.30 bits per heavy atom. The predicted molar refractivity (Wildman–Crippen MR) is 52.3 cm³/mol. The molecule has 0 aromatic heterocycles. The number of alkyl halides is 1. The Hall–Kier alpha value is 0.670. The molecule has 0 aliphatic rings. The van der Waals surface area contributed by atoms with Gasteiger partial charge in [-0.2, -0.15) is 11.8 Å². The third-order valence-corrected chi connectivity index (χ3v) is 3.38. The second kappa shape index (κ2) is 6.38. The third kappa shape index (κ3) is 5.45. The molecule has 0 fully saturated rings. The van der Waals surface area contributed by atoms with Gasteiger partial charge in [-0.3, -0.25) is 0 Å². The topological polar surface area (TPSA) is 0 Å². The summed E-state index contributed by atoms with van der Waals surface area (Å²) in [5.74, 6) is 1.69. The van der Waals surface area contributed by atoms with Crippen LogP contribution in [0.5, 0.6) is 0 Å². The van der Waals surface area contributed by atoms with E-state index in [2.05, 4.69) is 6.92 Å². The predicted octanol–water partition coefficient (Wildman–Crippen LogP) is 3.49. The Bertz CT molecular complexity index is 112. The maximum Gasteiger partial charge on any atom is 0.0340 e. The van der Waals surface area contributed by atoms with Gasteiger partial charge in [-0.25, -0.2) is 0 Å². The van der Waals surface area contributed by atoms with Crippen molar-refractivity contribution in [3.05, 3.63) is 11.1 Å². The van der Waals surface area contributed by atoms with Crippen LogP contribution in [0.4, 0.5) is 0 Å². The molecule has 0 aliphatic carbocycles. The van der Waals surface area contributed by atoms with E-state index in [-0.39, 0.29) is 0 Å². The Balaban J connectivity index is 3.35. The van der Waals surface area contributed by atoms with Gasteiger partial charge in [-0.1, -0.05) is 24.1 Å². The van der Waals surface area contributed by atoms with E-state index in [4.69, 9.17) is 23.2 Å². The van der Waals surface area contributed by atoms with Crippen molar-refractivity contribution in [3.8, 4) is 0 Å². The first-order chi connectivity index (χ1) is 4.70. The normalized spacial score (nSPS) is 15.4. The summed E-state index contributed by atoms with van der Waals surface area (Å²) < 4.78 is 0. The molecule has 3 heteroatoms. The van der Waals surface area contributed by atoms with Crippen LogP contribution in [0.1, 0.15) is 13.8 Å². The summed E-state index contributed by atoms with van der Waals surface area (Å²) in [7, 11) is 0. The highest BCUT2D eigenvalue weighted by molar-refractivity contribution is 8.00. The van der Waals surface area contributed by atoms with Gasteiger partial charge in [-0.05, 0) is 6.92 Å². The van der Waals surface area contributed by atoms with Crippen LogP contribution in [0, 0.1) is 0 Å². The number of hydrogen-bond acceptors (Lipinski definition) is 1. The molecule has 1 unspecified atom stereocenters. The van der Waals surface area contributed by atoms with Gasteiger partial charge in [0.25, 0.3) is 0 Å². The largest absolute Gasteiger partial charge is 0.153 e. The first kappa shape index (κ1) is 10.7. The SMILES string of the molecule is C/C(=C\Cl)CSC(C)CCl. The molecule has 0 radical (unpaired) electrons. The van der Waals surface area contributed by atoms with Gasteiger partial charge in [0.05, 0.1) is 0 Å². The molecule has 0 bridgehead atoms. The van der Waals surface area contributed by atoms with Crippen LogP contribution in [-0.2, 0) is 0 Å². The second-order valence-electron chi connectivity index (χ2n) is 2.23. The highest BCUT2D eigenvalue weighted by Crippen LogP contribution is 2.15. The summed E-state index contributed by atoms with van der Waals surface area (Å²) >= 11 is 12.9. The highest BCUT2D eigenvalue weighted by atomic mass is 35.5. The van der Waals surface area contributed by atoms with Gasteiger partial charge >= 0.3 is 0 Å². The molecular formula is C7H12Cl2S.